The van der Waals surface area contributed by atoms with Gasteiger partial charge in [-0.15, -0.1) is 0 Å². The molecule has 3 aromatic rings. The Kier molecular flexibility index (Phi) is 5.74. The second-order valence-electron chi connectivity index (χ2n) is 5.45. The standard InChI is InChI=1S/C19H17BrClNO2/c20-14-6-8-16(17(21)10-14)19-9-7-15(24-19)11-22-12-18(23)13-4-2-1-3-5-13/h1-10,18,22-23H,11-12H2/t18-/m1/s1. The molecule has 0 saturated heterocycles. The Morgan fingerprint density at radius 3 is 2.62 bits per heavy atom. The summed E-state index contributed by atoms with van der Waals surface area (Å²) in [5.41, 5.74) is 1.75. The van der Waals surface area contributed by atoms with Crippen molar-refractivity contribution in [2.24, 2.45) is 0 Å². The maximum absolute atomic E-state index is 10.1. The fraction of sp³-hybridized carbons (Fsp3) is 0.158. The van der Waals surface area contributed by atoms with Crippen LogP contribution in [0.15, 0.2) is 69.6 Å². The van der Waals surface area contributed by atoms with Crippen molar-refractivity contribution in [2.45, 2.75) is 12.6 Å². The molecule has 0 aliphatic carbocycles. The summed E-state index contributed by atoms with van der Waals surface area (Å²) < 4.78 is 6.76. The second kappa shape index (κ2) is 7.99. The number of furan rings is 1. The highest BCUT2D eigenvalue weighted by Gasteiger charge is 2.10. The van der Waals surface area contributed by atoms with Crippen molar-refractivity contribution in [1.82, 2.24) is 5.32 Å². The first-order chi connectivity index (χ1) is 11.6. The third kappa shape index (κ3) is 4.28. The van der Waals surface area contributed by atoms with E-state index < -0.39 is 6.10 Å². The van der Waals surface area contributed by atoms with Crippen LogP contribution >= 0.6 is 27.5 Å². The smallest absolute Gasteiger partial charge is 0.135 e. The average molecular weight is 407 g/mol. The monoisotopic (exact) mass is 405 g/mol. The molecule has 0 unspecified atom stereocenters. The van der Waals surface area contributed by atoms with Gasteiger partial charge < -0.3 is 14.8 Å². The fourth-order valence-corrected chi connectivity index (χ4v) is 3.20. The van der Waals surface area contributed by atoms with E-state index in [4.69, 9.17) is 16.0 Å². The molecular formula is C19H17BrClNO2. The summed E-state index contributed by atoms with van der Waals surface area (Å²) in [6, 6.07) is 19.1. The Labute approximate surface area is 154 Å². The molecule has 0 spiro atoms. The molecule has 0 amide bonds. The summed E-state index contributed by atoms with van der Waals surface area (Å²) in [6.07, 6.45) is -0.540. The van der Waals surface area contributed by atoms with E-state index in [1.807, 2.05) is 60.7 Å². The van der Waals surface area contributed by atoms with E-state index in [1.54, 1.807) is 0 Å². The van der Waals surface area contributed by atoms with Crippen LogP contribution in [-0.2, 0) is 6.54 Å². The van der Waals surface area contributed by atoms with Crippen LogP contribution in [0, 0.1) is 0 Å². The van der Waals surface area contributed by atoms with Crippen molar-refractivity contribution in [3.05, 3.63) is 81.5 Å². The molecule has 1 heterocycles. The number of hydrogen-bond acceptors (Lipinski definition) is 3. The summed E-state index contributed by atoms with van der Waals surface area (Å²) >= 11 is 9.64. The largest absolute Gasteiger partial charge is 0.460 e. The molecule has 2 N–H and O–H groups in total. The lowest BCUT2D eigenvalue weighted by Gasteiger charge is -2.11. The van der Waals surface area contributed by atoms with Gasteiger partial charge in [-0.3, -0.25) is 0 Å². The number of aliphatic hydroxyl groups excluding tert-OH is 1. The summed E-state index contributed by atoms with van der Waals surface area (Å²) in [7, 11) is 0. The van der Waals surface area contributed by atoms with E-state index in [0.29, 0.717) is 18.1 Å². The molecule has 124 valence electrons. The number of halogens is 2. The van der Waals surface area contributed by atoms with Crippen molar-refractivity contribution < 1.29 is 9.52 Å². The van der Waals surface area contributed by atoms with Gasteiger partial charge in [-0.2, -0.15) is 0 Å². The van der Waals surface area contributed by atoms with Gasteiger partial charge in [0.15, 0.2) is 0 Å². The van der Waals surface area contributed by atoms with Crippen LogP contribution < -0.4 is 5.32 Å². The predicted molar refractivity (Wildman–Crippen MR) is 100.0 cm³/mol. The first kappa shape index (κ1) is 17.2. The van der Waals surface area contributed by atoms with Crippen LogP contribution in [-0.4, -0.2) is 11.7 Å². The van der Waals surface area contributed by atoms with E-state index in [9.17, 15) is 5.11 Å². The Morgan fingerprint density at radius 2 is 1.88 bits per heavy atom. The normalized spacial score (nSPS) is 12.3. The molecule has 2 aromatic carbocycles. The van der Waals surface area contributed by atoms with Crippen molar-refractivity contribution in [2.75, 3.05) is 6.54 Å². The first-order valence-electron chi connectivity index (χ1n) is 7.61. The SMILES string of the molecule is O[C@H](CNCc1ccc(-c2ccc(Br)cc2Cl)o1)c1ccccc1. The fourth-order valence-electron chi connectivity index (χ4n) is 2.43. The summed E-state index contributed by atoms with van der Waals surface area (Å²) in [5.74, 6) is 1.53. The molecule has 0 aliphatic heterocycles. The quantitative estimate of drug-likeness (QED) is 0.592. The van der Waals surface area contributed by atoms with Gasteiger partial charge in [0, 0.05) is 16.6 Å². The average Bonchev–Trinajstić information content (AvgIpc) is 3.04. The van der Waals surface area contributed by atoms with Crippen LogP contribution in [0.4, 0.5) is 0 Å². The minimum Gasteiger partial charge on any atom is -0.460 e. The maximum Gasteiger partial charge on any atom is 0.135 e. The van der Waals surface area contributed by atoms with Gasteiger partial charge in [0.1, 0.15) is 11.5 Å². The van der Waals surface area contributed by atoms with E-state index in [2.05, 4.69) is 21.2 Å². The molecule has 0 fully saturated rings. The molecule has 0 aliphatic rings. The van der Waals surface area contributed by atoms with Gasteiger partial charge in [-0.1, -0.05) is 57.9 Å². The Balaban J connectivity index is 1.58. The summed E-state index contributed by atoms with van der Waals surface area (Å²) in [5, 5.41) is 14.0. The van der Waals surface area contributed by atoms with E-state index >= 15 is 0 Å². The molecule has 0 radical (unpaired) electrons. The van der Waals surface area contributed by atoms with Gasteiger partial charge in [0.25, 0.3) is 0 Å². The van der Waals surface area contributed by atoms with Gasteiger partial charge in [0.05, 0.1) is 17.7 Å². The number of hydrogen-bond donors (Lipinski definition) is 2. The van der Waals surface area contributed by atoms with E-state index in [1.165, 1.54) is 0 Å². The number of rotatable bonds is 6. The molecule has 0 bridgehead atoms. The highest BCUT2D eigenvalue weighted by Crippen LogP contribution is 2.31. The highest BCUT2D eigenvalue weighted by atomic mass is 79.9. The lowest BCUT2D eigenvalue weighted by Crippen LogP contribution is -2.20. The van der Waals surface area contributed by atoms with E-state index in [-0.39, 0.29) is 0 Å². The Bertz CT molecular complexity index is 804. The van der Waals surface area contributed by atoms with Gasteiger partial charge in [-0.05, 0) is 35.9 Å². The summed E-state index contributed by atoms with van der Waals surface area (Å²) in [6.45, 7) is 0.997. The molecule has 24 heavy (non-hydrogen) atoms. The third-order valence-corrected chi connectivity index (χ3v) is 4.49. The molecular weight excluding hydrogens is 390 g/mol. The van der Waals surface area contributed by atoms with Gasteiger partial charge >= 0.3 is 0 Å². The second-order valence-corrected chi connectivity index (χ2v) is 6.77. The topological polar surface area (TPSA) is 45.4 Å². The van der Waals surface area contributed by atoms with Crippen LogP contribution in [0.25, 0.3) is 11.3 Å². The number of nitrogens with one attached hydrogen (secondary N) is 1. The van der Waals surface area contributed by atoms with Crippen molar-refractivity contribution in [3.8, 4) is 11.3 Å². The molecule has 0 saturated carbocycles. The number of aliphatic hydroxyl groups is 1. The van der Waals surface area contributed by atoms with Crippen molar-refractivity contribution >= 4 is 27.5 Å². The minimum atomic E-state index is -0.540. The molecule has 3 nitrogen and oxygen atoms in total. The van der Waals surface area contributed by atoms with Crippen molar-refractivity contribution in [1.29, 1.82) is 0 Å². The summed E-state index contributed by atoms with van der Waals surface area (Å²) in [4.78, 5) is 0. The zero-order chi connectivity index (χ0) is 16.9. The highest BCUT2D eigenvalue weighted by molar-refractivity contribution is 9.10. The van der Waals surface area contributed by atoms with Gasteiger partial charge in [0.2, 0.25) is 0 Å². The van der Waals surface area contributed by atoms with E-state index in [0.717, 1.165) is 27.1 Å². The van der Waals surface area contributed by atoms with Crippen molar-refractivity contribution in [3.63, 3.8) is 0 Å². The Morgan fingerprint density at radius 1 is 1.08 bits per heavy atom. The van der Waals surface area contributed by atoms with Crippen LogP contribution in [0.3, 0.4) is 0 Å². The van der Waals surface area contributed by atoms with Gasteiger partial charge in [-0.25, -0.2) is 0 Å². The molecule has 1 aromatic heterocycles. The lowest BCUT2D eigenvalue weighted by molar-refractivity contribution is 0.173. The van der Waals surface area contributed by atoms with Crippen LogP contribution in [0.5, 0.6) is 0 Å². The zero-order valence-corrected chi connectivity index (χ0v) is 15.2. The third-order valence-electron chi connectivity index (χ3n) is 3.68. The molecule has 5 heteroatoms. The predicted octanol–water partition coefficient (Wildman–Crippen LogP) is 5.19. The van der Waals surface area contributed by atoms with Crippen LogP contribution in [0.1, 0.15) is 17.4 Å². The lowest BCUT2D eigenvalue weighted by atomic mass is 10.1. The number of benzene rings is 2. The Hall–Kier alpha value is -1.59. The molecule has 1 atom stereocenters. The minimum absolute atomic E-state index is 0.457. The maximum atomic E-state index is 10.1. The first-order valence-corrected chi connectivity index (χ1v) is 8.78. The molecule has 3 rings (SSSR count). The van der Waals surface area contributed by atoms with Crippen LogP contribution in [0.2, 0.25) is 5.02 Å². The zero-order valence-electron chi connectivity index (χ0n) is 12.9.